The highest BCUT2D eigenvalue weighted by atomic mass is 16.5. The molecule has 0 radical (unpaired) electrons. The van der Waals surface area contributed by atoms with E-state index < -0.39 is 0 Å². The number of methoxy groups -OCH3 is 1. The van der Waals surface area contributed by atoms with Crippen LogP contribution in [0.2, 0.25) is 0 Å². The Labute approximate surface area is 143 Å². The van der Waals surface area contributed by atoms with E-state index in [0.29, 0.717) is 23.7 Å². The normalized spacial score (nSPS) is 20.0. The third-order valence-corrected chi connectivity index (χ3v) is 5.06. The molecule has 0 aromatic carbocycles. The number of rotatable bonds is 5. The molecule has 1 aromatic heterocycles. The lowest BCUT2D eigenvalue weighted by Crippen LogP contribution is -2.42. The lowest BCUT2D eigenvalue weighted by molar-refractivity contribution is -0.134. The third kappa shape index (κ3) is 4.58. The van der Waals surface area contributed by atoms with Crippen LogP contribution in [0, 0.1) is 5.92 Å². The fraction of sp³-hybridized carbons (Fsp3) is 0.722. The zero-order chi connectivity index (χ0) is 16.8. The Balaban J connectivity index is 1.44. The molecule has 24 heavy (non-hydrogen) atoms. The van der Waals surface area contributed by atoms with Crippen molar-refractivity contribution in [1.82, 2.24) is 14.9 Å². The Bertz CT molecular complexity index is 538. The molecule has 1 saturated heterocycles. The van der Waals surface area contributed by atoms with Gasteiger partial charge in [0.25, 0.3) is 0 Å². The first-order valence-electron chi connectivity index (χ1n) is 9.06. The van der Waals surface area contributed by atoms with E-state index in [-0.39, 0.29) is 6.10 Å². The van der Waals surface area contributed by atoms with E-state index >= 15 is 0 Å². The van der Waals surface area contributed by atoms with Gasteiger partial charge in [-0.25, -0.2) is 4.98 Å². The van der Waals surface area contributed by atoms with Gasteiger partial charge in [0.05, 0.1) is 7.11 Å². The molecule has 1 aromatic rings. The van der Waals surface area contributed by atoms with Crippen molar-refractivity contribution >= 4 is 5.91 Å². The molecule has 2 aliphatic rings. The number of likely N-dealkylation sites (tertiary alicyclic amines) is 1. The number of amides is 1. The molecule has 0 atom stereocenters. The lowest BCUT2D eigenvalue weighted by atomic mass is 9.86. The molecule has 2 fully saturated rings. The second-order valence-corrected chi connectivity index (χ2v) is 6.79. The zero-order valence-corrected chi connectivity index (χ0v) is 14.4. The summed E-state index contributed by atoms with van der Waals surface area (Å²) in [5.41, 5.74) is 0. The van der Waals surface area contributed by atoms with Crippen LogP contribution >= 0.6 is 0 Å². The van der Waals surface area contributed by atoms with Crippen molar-refractivity contribution in [1.29, 1.82) is 0 Å². The first-order valence-corrected chi connectivity index (χ1v) is 9.06. The van der Waals surface area contributed by atoms with Crippen LogP contribution in [-0.4, -0.2) is 47.1 Å². The molecule has 1 aliphatic carbocycles. The molecule has 1 saturated carbocycles. The van der Waals surface area contributed by atoms with Gasteiger partial charge in [0.1, 0.15) is 6.10 Å². The van der Waals surface area contributed by atoms with E-state index in [4.69, 9.17) is 9.47 Å². The fourth-order valence-electron chi connectivity index (χ4n) is 3.65. The van der Waals surface area contributed by atoms with Crippen LogP contribution in [0.3, 0.4) is 0 Å². The van der Waals surface area contributed by atoms with Crippen molar-refractivity contribution in [3.05, 3.63) is 12.3 Å². The summed E-state index contributed by atoms with van der Waals surface area (Å²) >= 11 is 0. The van der Waals surface area contributed by atoms with Gasteiger partial charge in [-0.15, -0.1) is 0 Å². The maximum Gasteiger partial charge on any atom is 0.319 e. The van der Waals surface area contributed by atoms with Crippen molar-refractivity contribution in [3.63, 3.8) is 0 Å². The molecule has 3 rings (SSSR count). The lowest BCUT2D eigenvalue weighted by Gasteiger charge is -2.33. The maximum atomic E-state index is 12.5. The van der Waals surface area contributed by atoms with Crippen molar-refractivity contribution < 1.29 is 14.3 Å². The molecule has 132 valence electrons. The molecule has 1 amide bonds. The second kappa shape index (κ2) is 8.31. The van der Waals surface area contributed by atoms with Crippen molar-refractivity contribution in [2.75, 3.05) is 20.2 Å². The highest BCUT2D eigenvalue weighted by Crippen LogP contribution is 2.27. The zero-order valence-electron chi connectivity index (χ0n) is 14.4. The van der Waals surface area contributed by atoms with Crippen LogP contribution in [0.25, 0.3) is 0 Å². The van der Waals surface area contributed by atoms with Crippen LogP contribution < -0.4 is 9.47 Å². The second-order valence-electron chi connectivity index (χ2n) is 6.79. The summed E-state index contributed by atoms with van der Waals surface area (Å²) in [5.74, 6) is 1.46. The van der Waals surface area contributed by atoms with Gasteiger partial charge in [-0.05, 0) is 18.8 Å². The highest BCUT2D eigenvalue weighted by molar-refractivity contribution is 5.76. The third-order valence-electron chi connectivity index (χ3n) is 5.06. The smallest absolute Gasteiger partial charge is 0.319 e. The summed E-state index contributed by atoms with van der Waals surface area (Å²) in [4.78, 5) is 22.6. The van der Waals surface area contributed by atoms with Gasteiger partial charge < -0.3 is 14.4 Å². The molecule has 0 spiro atoms. The average Bonchev–Trinajstić information content (AvgIpc) is 2.63. The van der Waals surface area contributed by atoms with Crippen LogP contribution in [0.1, 0.15) is 51.4 Å². The number of hydrogen-bond donors (Lipinski definition) is 0. The van der Waals surface area contributed by atoms with E-state index in [1.165, 1.54) is 39.2 Å². The van der Waals surface area contributed by atoms with E-state index in [9.17, 15) is 4.79 Å². The van der Waals surface area contributed by atoms with Gasteiger partial charge in [-0.1, -0.05) is 19.3 Å². The fourth-order valence-corrected chi connectivity index (χ4v) is 3.65. The number of hydrogen-bond acceptors (Lipinski definition) is 5. The standard InChI is InChI=1S/C18H27N3O3/c1-23-18-19-10-7-16(20-18)24-15-8-11-21(12-9-15)17(22)13-14-5-3-2-4-6-14/h7,10,14-15H,2-6,8-9,11-13H2,1H3. The summed E-state index contributed by atoms with van der Waals surface area (Å²) in [6.07, 6.45) is 10.5. The van der Waals surface area contributed by atoms with Gasteiger partial charge in [0, 0.05) is 44.6 Å². The summed E-state index contributed by atoms with van der Waals surface area (Å²) in [7, 11) is 1.54. The van der Waals surface area contributed by atoms with Gasteiger partial charge >= 0.3 is 6.01 Å². The number of ether oxygens (including phenoxy) is 2. The first-order chi connectivity index (χ1) is 11.7. The summed E-state index contributed by atoms with van der Waals surface area (Å²) in [5, 5.41) is 0. The van der Waals surface area contributed by atoms with Gasteiger partial charge in [-0.2, -0.15) is 4.98 Å². The summed E-state index contributed by atoms with van der Waals surface area (Å²) < 4.78 is 10.9. The van der Waals surface area contributed by atoms with Gasteiger partial charge in [0.2, 0.25) is 11.8 Å². The predicted molar refractivity (Wildman–Crippen MR) is 90.0 cm³/mol. The molecule has 6 heteroatoms. The van der Waals surface area contributed by atoms with Crippen molar-refractivity contribution in [2.24, 2.45) is 5.92 Å². The van der Waals surface area contributed by atoms with Crippen molar-refractivity contribution in [3.8, 4) is 11.9 Å². The summed E-state index contributed by atoms with van der Waals surface area (Å²) in [6, 6.07) is 2.05. The van der Waals surface area contributed by atoms with Crippen molar-refractivity contribution in [2.45, 2.75) is 57.5 Å². The molecule has 2 heterocycles. The van der Waals surface area contributed by atoms with E-state index in [1.54, 1.807) is 12.3 Å². The SMILES string of the molecule is COc1nccc(OC2CCN(C(=O)CC3CCCCC3)CC2)n1. The van der Waals surface area contributed by atoms with Crippen LogP contribution in [0.15, 0.2) is 12.3 Å². The molecule has 1 aliphatic heterocycles. The molecular weight excluding hydrogens is 306 g/mol. The van der Waals surface area contributed by atoms with E-state index in [1.807, 2.05) is 4.90 Å². The quantitative estimate of drug-likeness (QED) is 0.829. The van der Waals surface area contributed by atoms with Crippen LogP contribution in [-0.2, 0) is 4.79 Å². The van der Waals surface area contributed by atoms with E-state index in [0.717, 1.165) is 32.4 Å². The molecule has 0 unspecified atom stereocenters. The number of aromatic nitrogens is 2. The summed E-state index contributed by atoms with van der Waals surface area (Å²) in [6.45, 7) is 1.55. The minimum Gasteiger partial charge on any atom is -0.474 e. The van der Waals surface area contributed by atoms with Gasteiger partial charge in [-0.3, -0.25) is 4.79 Å². The molecule has 0 N–H and O–H groups in total. The Morgan fingerprint density at radius 1 is 1.21 bits per heavy atom. The minimum absolute atomic E-state index is 0.100. The van der Waals surface area contributed by atoms with Crippen LogP contribution in [0.4, 0.5) is 0 Å². The number of nitrogens with zero attached hydrogens (tertiary/aromatic N) is 3. The highest BCUT2D eigenvalue weighted by Gasteiger charge is 2.26. The Morgan fingerprint density at radius 3 is 2.67 bits per heavy atom. The van der Waals surface area contributed by atoms with Crippen LogP contribution in [0.5, 0.6) is 11.9 Å². The Morgan fingerprint density at radius 2 is 1.96 bits per heavy atom. The predicted octanol–water partition coefficient (Wildman–Crippen LogP) is 2.83. The Hall–Kier alpha value is -1.85. The number of carbonyl (C=O) groups excluding carboxylic acids is 1. The molecule has 0 bridgehead atoms. The maximum absolute atomic E-state index is 12.5. The molecule has 6 nitrogen and oxygen atoms in total. The monoisotopic (exact) mass is 333 g/mol. The van der Waals surface area contributed by atoms with E-state index in [2.05, 4.69) is 9.97 Å². The minimum atomic E-state index is 0.100. The Kier molecular flexibility index (Phi) is 5.88. The average molecular weight is 333 g/mol. The number of piperidine rings is 1. The largest absolute Gasteiger partial charge is 0.474 e. The molecular formula is C18H27N3O3. The first kappa shape index (κ1) is 17.0. The topological polar surface area (TPSA) is 64.6 Å². The number of carbonyl (C=O) groups is 1. The van der Waals surface area contributed by atoms with Gasteiger partial charge in [0.15, 0.2) is 0 Å².